The average Bonchev–Trinajstić information content (AvgIpc) is 2.93. The maximum absolute atomic E-state index is 12.2. The molecule has 194 valence electrons. The van der Waals surface area contributed by atoms with Crippen LogP contribution in [0.2, 0.25) is 0 Å². The third-order valence-corrected chi connectivity index (χ3v) is 7.13. The van der Waals surface area contributed by atoms with Crippen LogP contribution in [0.3, 0.4) is 0 Å². The molecule has 0 spiro atoms. The zero-order valence-corrected chi connectivity index (χ0v) is 21.5. The number of rotatable bonds is 17. The monoisotopic (exact) mass is 536 g/mol. The van der Waals surface area contributed by atoms with Gasteiger partial charge in [-0.25, -0.2) is 9.97 Å². The molecule has 2 aromatic rings. The summed E-state index contributed by atoms with van der Waals surface area (Å²) in [7, 11) is 5.31. The van der Waals surface area contributed by atoms with Gasteiger partial charge >= 0.3 is 11.9 Å². The fraction of sp³-hybridized carbons (Fsp3) is 0.455. The number of esters is 2. The van der Waals surface area contributed by atoms with Crippen LogP contribution in [-0.4, -0.2) is 94.3 Å². The number of aromatic nitrogens is 4. The van der Waals surface area contributed by atoms with Crippen LogP contribution in [0.15, 0.2) is 37.2 Å². The molecule has 0 aliphatic carbocycles. The van der Waals surface area contributed by atoms with Crippen LogP contribution < -0.4 is 10.6 Å². The van der Waals surface area contributed by atoms with E-state index in [1.807, 2.05) is 0 Å². The molecule has 2 aromatic heterocycles. The fourth-order valence-electron chi connectivity index (χ4n) is 2.80. The normalized spacial score (nSPS) is 12.4. The van der Waals surface area contributed by atoms with Crippen LogP contribution in [0.1, 0.15) is 33.8 Å². The van der Waals surface area contributed by atoms with Crippen LogP contribution in [0.4, 0.5) is 0 Å². The molecule has 0 saturated heterocycles. The Hall–Kier alpha value is -2.94. The number of carbonyl (C=O) groups is 4. The first-order chi connectivity index (χ1) is 17.5. The Morgan fingerprint density at radius 2 is 1.17 bits per heavy atom. The molecule has 0 aliphatic heterocycles. The second kappa shape index (κ2) is 16.7. The Morgan fingerprint density at radius 3 is 1.50 bits per heavy atom. The van der Waals surface area contributed by atoms with Gasteiger partial charge in [0.15, 0.2) is 11.6 Å². The summed E-state index contributed by atoms with van der Waals surface area (Å²) in [6.45, 7) is 0.513. The van der Waals surface area contributed by atoms with Gasteiger partial charge in [-0.05, 0) is 0 Å². The molecule has 0 fully saturated rings. The number of nitrogens with one attached hydrogen (secondary N) is 2. The molecule has 2 heterocycles. The van der Waals surface area contributed by atoms with Crippen molar-refractivity contribution in [3.8, 4) is 0 Å². The van der Waals surface area contributed by atoms with E-state index in [-0.39, 0.29) is 48.9 Å². The summed E-state index contributed by atoms with van der Waals surface area (Å²) in [6, 6.07) is -1.28. The SMILES string of the molecule is COC(=O)C(CSSCC(NCCC(=O)c1cnccn1)C(=O)OC)NCCC(=O)c1cnccn1. The minimum atomic E-state index is -0.642. The van der Waals surface area contributed by atoms with Gasteiger partial charge < -0.3 is 20.1 Å². The molecule has 36 heavy (non-hydrogen) atoms. The van der Waals surface area contributed by atoms with E-state index in [0.717, 1.165) is 0 Å². The molecule has 0 radical (unpaired) electrons. The Kier molecular flexibility index (Phi) is 13.6. The van der Waals surface area contributed by atoms with E-state index in [0.29, 0.717) is 11.5 Å². The van der Waals surface area contributed by atoms with Crippen molar-refractivity contribution in [1.82, 2.24) is 30.6 Å². The summed E-state index contributed by atoms with van der Waals surface area (Å²) in [5, 5.41) is 6.04. The lowest BCUT2D eigenvalue weighted by molar-refractivity contribution is -0.143. The van der Waals surface area contributed by atoms with E-state index in [1.54, 1.807) is 0 Å². The van der Waals surface area contributed by atoms with Crippen molar-refractivity contribution in [2.24, 2.45) is 0 Å². The van der Waals surface area contributed by atoms with Crippen molar-refractivity contribution in [2.75, 3.05) is 38.8 Å². The first-order valence-corrected chi connectivity index (χ1v) is 13.4. The smallest absolute Gasteiger partial charge is 0.323 e. The summed E-state index contributed by atoms with van der Waals surface area (Å²) in [4.78, 5) is 64.2. The highest BCUT2D eigenvalue weighted by molar-refractivity contribution is 8.76. The molecule has 0 amide bonds. The lowest BCUT2D eigenvalue weighted by Crippen LogP contribution is -2.41. The van der Waals surface area contributed by atoms with Gasteiger partial charge in [-0.2, -0.15) is 0 Å². The molecule has 2 rings (SSSR count). The summed E-state index contributed by atoms with van der Waals surface area (Å²) in [5.74, 6) is -0.608. The Balaban J connectivity index is 1.75. The van der Waals surface area contributed by atoms with Gasteiger partial charge in [0.1, 0.15) is 23.5 Å². The van der Waals surface area contributed by atoms with Crippen LogP contribution in [0.25, 0.3) is 0 Å². The van der Waals surface area contributed by atoms with Gasteiger partial charge in [0.2, 0.25) is 0 Å². The van der Waals surface area contributed by atoms with Crippen molar-refractivity contribution in [3.05, 3.63) is 48.6 Å². The van der Waals surface area contributed by atoms with Crippen molar-refractivity contribution in [1.29, 1.82) is 0 Å². The van der Waals surface area contributed by atoms with Crippen LogP contribution >= 0.6 is 21.6 Å². The van der Waals surface area contributed by atoms with E-state index in [4.69, 9.17) is 9.47 Å². The zero-order chi connectivity index (χ0) is 26.2. The minimum absolute atomic E-state index is 0.144. The molecule has 2 unspecified atom stereocenters. The van der Waals surface area contributed by atoms with Gasteiger partial charge in [0, 0.05) is 62.2 Å². The number of nitrogens with zero attached hydrogens (tertiary/aromatic N) is 4. The molecule has 14 heteroatoms. The minimum Gasteiger partial charge on any atom is -0.468 e. The molecule has 2 atom stereocenters. The fourth-order valence-corrected chi connectivity index (χ4v) is 5.17. The first-order valence-electron chi connectivity index (χ1n) is 10.9. The Bertz CT molecular complexity index is 906. The number of ether oxygens (including phenoxy) is 2. The lowest BCUT2D eigenvalue weighted by Gasteiger charge is -2.18. The zero-order valence-electron chi connectivity index (χ0n) is 19.9. The summed E-state index contributed by atoms with van der Waals surface area (Å²) >= 11 is 0. The summed E-state index contributed by atoms with van der Waals surface area (Å²) < 4.78 is 9.68. The van der Waals surface area contributed by atoms with E-state index >= 15 is 0 Å². The average molecular weight is 537 g/mol. The highest BCUT2D eigenvalue weighted by atomic mass is 33.1. The second-order valence-corrected chi connectivity index (χ2v) is 9.71. The van der Waals surface area contributed by atoms with Gasteiger partial charge in [0.05, 0.1) is 26.6 Å². The van der Waals surface area contributed by atoms with Gasteiger partial charge in [-0.3, -0.25) is 29.1 Å². The lowest BCUT2D eigenvalue weighted by atomic mass is 10.2. The van der Waals surface area contributed by atoms with Gasteiger partial charge in [-0.15, -0.1) is 0 Å². The van der Waals surface area contributed by atoms with Crippen molar-refractivity contribution in [3.63, 3.8) is 0 Å². The Labute approximate surface area is 216 Å². The molecule has 0 bridgehead atoms. The van der Waals surface area contributed by atoms with Crippen LogP contribution in [0, 0.1) is 0 Å². The predicted molar refractivity (Wildman–Crippen MR) is 134 cm³/mol. The highest BCUT2D eigenvalue weighted by Crippen LogP contribution is 2.23. The van der Waals surface area contributed by atoms with Crippen LogP contribution in [0.5, 0.6) is 0 Å². The topological polar surface area (TPSA) is 162 Å². The molecule has 0 aromatic carbocycles. The summed E-state index contributed by atoms with van der Waals surface area (Å²) in [5.41, 5.74) is 0.525. The van der Waals surface area contributed by atoms with Crippen molar-refractivity contribution in [2.45, 2.75) is 24.9 Å². The third kappa shape index (κ3) is 10.4. The van der Waals surface area contributed by atoms with E-state index in [1.165, 1.54) is 73.0 Å². The number of hydrogen-bond acceptors (Lipinski definition) is 14. The van der Waals surface area contributed by atoms with Gasteiger partial charge in [0.25, 0.3) is 0 Å². The molecular formula is C22H28N6O6S2. The largest absolute Gasteiger partial charge is 0.468 e. The first kappa shape index (κ1) is 29.3. The number of Topliss-reactive ketones (excluding diaryl/α,β-unsaturated/α-hetero) is 2. The van der Waals surface area contributed by atoms with E-state index in [9.17, 15) is 19.2 Å². The summed E-state index contributed by atoms with van der Waals surface area (Å²) in [6.07, 6.45) is 8.93. The maximum atomic E-state index is 12.2. The second-order valence-electron chi connectivity index (χ2n) is 7.16. The van der Waals surface area contributed by atoms with Crippen molar-refractivity contribution < 1.29 is 28.7 Å². The maximum Gasteiger partial charge on any atom is 0.323 e. The van der Waals surface area contributed by atoms with E-state index < -0.39 is 24.0 Å². The number of carbonyl (C=O) groups excluding carboxylic acids is 4. The predicted octanol–water partition coefficient (Wildman–Crippen LogP) is 0.756. The van der Waals surface area contributed by atoms with Gasteiger partial charge in [-0.1, -0.05) is 21.6 Å². The molecule has 2 N–H and O–H groups in total. The number of ketones is 2. The number of hydrogen-bond donors (Lipinski definition) is 2. The molecule has 0 saturated carbocycles. The molecular weight excluding hydrogens is 508 g/mol. The number of methoxy groups -OCH3 is 2. The standard InChI is InChI=1S/C22H28N6O6S2/c1-33-21(31)17(25-5-3-19(29)15-11-23-7-9-27-15)13-35-36-14-18(22(32)34-2)26-6-4-20(30)16-12-24-8-10-28-16/h7-12,17-18,25-26H,3-6,13-14H2,1-2H3. The van der Waals surface area contributed by atoms with E-state index in [2.05, 4.69) is 30.6 Å². The Morgan fingerprint density at radius 1 is 0.750 bits per heavy atom. The van der Waals surface area contributed by atoms with Crippen LogP contribution in [-0.2, 0) is 19.1 Å². The van der Waals surface area contributed by atoms with Crippen molar-refractivity contribution >= 4 is 45.1 Å². The third-order valence-electron chi connectivity index (χ3n) is 4.71. The highest BCUT2D eigenvalue weighted by Gasteiger charge is 2.22. The molecule has 0 aliphatic rings. The molecule has 12 nitrogen and oxygen atoms in total. The quantitative estimate of drug-likeness (QED) is 0.126.